The monoisotopic (exact) mass is 134 g/mol. The number of terminal acetylenes is 1. The first-order valence-electron chi connectivity index (χ1n) is 1.84. The Bertz CT molecular complexity index is 115. The molecular weight excluding hydrogens is 128 g/mol. The molecule has 8 heavy (non-hydrogen) atoms. The molecule has 1 atom stereocenters. The van der Waals surface area contributed by atoms with Crippen molar-refractivity contribution in [3.8, 4) is 12.3 Å². The van der Waals surface area contributed by atoms with E-state index in [9.17, 15) is 4.21 Å². The second-order valence-corrected chi connectivity index (χ2v) is 1.81. The van der Waals surface area contributed by atoms with Crippen LogP contribution in [-0.2, 0) is 19.7 Å². The summed E-state index contributed by atoms with van der Waals surface area (Å²) in [6.07, 6.45) is 4.77. The molecule has 0 heterocycles. The zero-order valence-corrected chi connectivity index (χ0v) is 5.23. The van der Waals surface area contributed by atoms with Gasteiger partial charge in [-0.3, -0.25) is 8.37 Å². The van der Waals surface area contributed by atoms with Gasteiger partial charge in [-0.25, -0.2) is 0 Å². The molecule has 0 bridgehead atoms. The Kier molecular flexibility index (Phi) is 4.56. The standard InChI is InChI=1S/C4H6O3S/c1-3-4-7-8(5)6-2/h1H,4H2,2H3. The molecule has 0 N–H and O–H groups in total. The summed E-state index contributed by atoms with van der Waals surface area (Å²) in [4.78, 5) is 0. The molecule has 0 amide bonds. The molecule has 0 aromatic carbocycles. The van der Waals surface area contributed by atoms with Crippen LogP contribution in [0.4, 0.5) is 0 Å². The summed E-state index contributed by atoms with van der Waals surface area (Å²) in [6.45, 7) is 0.0143. The molecule has 3 nitrogen and oxygen atoms in total. The van der Waals surface area contributed by atoms with Gasteiger partial charge in [-0.05, 0) is 0 Å². The van der Waals surface area contributed by atoms with Gasteiger partial charge < -0.3 is 0 Å². The molecule has 0 aromatic rings. The van der Waals surface area contributed by atoms with Crippen molar-refractivity contribution in [1.29, 1.82) is 0 Å². The third kappa shape index (κ3) is 3.81. The van der Waals surface area contributed by atoms with Crippen molar-refractivity contribution in [2.45, 2.75) is 0 Å². The smallest absolute Gasteiger partial charge is 0.272 e. The molecule has 0 aromatic heterocycles. The molecule has 0 spiro atoms. The summed E-state index contributed by atoms with van der Waals surface area (Å²) in [5.41, 5.74) is 0. The van der Waals surface area contributed by atoms with Crippen LogP contribution in [0.1, 0.15) is 0 Å². The fraction of sp³-hybridized carbons (Fsp3) is 0.500. The SMILES string of the molecule is C#CCOS(=O)OC. The number of hydrogen-bond donors (Lipinski definition) is 0. The normalized spacial score (nSPS) is 12.5. The molecular formula is C4H6O3S. The number of hydrogen-bond acceptors (Lipinski definition) is 3. The van der Waals surface area contributed by atoms with Crippen LogP contribution in [0.3, 0.4) is 0 Å². The topological polar surface area (TPSA) is 35.5 Å². The lowest BCUT2D eigenvalue weighted by molar-refractivity contribution is 0.312. The lowest BCUT2D eigenvalue weighted by atomic mass is 10.8. The summed E-state index contributed by atoms with van der Waals surface area (Å²) >= 11 is -1.67. The molecule has 0 aliphatic heterocycles. The third-order valence-corrected chi connectivity index (χ3v) is 0.957. The van der Waals surface area contributed by atoms with Crippen molar-refractivity contribution in [3.63, 3.8) is 0 Å². The Balaban J connectivity index is 3.15. The van der Waals surface area contributed by atoms with Gasteiger partial charge in [0, 0.05) is 0 Å². The highest BCUT2D eigenvalue weighted by atomic mass is 32.2. The largest absolute Gasteiger partial charge is 0.305 e. The first-order chi connectivity index (χ1) is 3.81. The molecule has 0 aliphatic rings. The molecule has 1 unspecified atom stereocenters. The van der Waals surface area contributed by atoms with E-state index in [1.54, 1.807) is 0 Å². The maximum absolute atomic E-state index is 10.1. The van der Waals surface area contributed by atoms with Crippen LogP contribution in [-0.4, -0.2) is 17.9 Å². The molecule has 0 fully saturated rings. The Morgan fingerprint density at radius 1 is 1.88 bits per heavy atom. The van der Waals surface area contributed by atoms with E-state index < -0.39 is 11.4 Å². The zero-order chi connectivity index (χ0) is 6.41. The Labute approximate surface area is 50.9 Å². The van der Waals surface area contributed by atoms with E-state index in [0.717, 1.165) is 0 Å². The lowest BCUT2D eigenvalue weighted by Gasteiger charge is -1.91. The van der Waals surface area contributed by atoms with Crippen LogP contribution < -0.4 is 0 Å². The van der Waals surface area contributed by atoms with Crippen LogP contribution in [0.25, 0.3) is 0 Å². The minimum Gasteiger partial charge on any atom is -0.272 e. The van der Waals surface area contributed by atoms with Crippen LogP contribution in [0.15, 0.2) is 0 Å². The molecule has 0 radical (unpaired) electrons. The fourth-order valence-electron chi connectivity index (χ4n) is 0.130. The van der Waals surface area contributed by atoms with Crippen molar-refractivity contribution in [3.05, 3.63) is 0 Å². The molecule has 0 aliphatic carbocycles. The third-order valence-electron chi connectivity index (χ3n) is 0.375. The van der Waals surface area contributed by atoms with Crippen LogP contribution in [0, 0.1) is 12.3 Å². The van der Waals surface area contributed by atoms with E-state index in [1.807, 2.05) is 0 Å². The maximum Gasteiger partial charge on any atom is 0.305 e. The minimum absolute atomic E-state index is 0.0143. The summed E-state index contributed by atoms with van der Waals surface area (Å²) in [6, 6.07) is 0. The van der Waals surface area contributed by atoms with Crippen molar-refractivity contribution in [1.82, 2.24) is 0 Å². The average Bonchev–Trinajstić information content (AvgIpc) is 1.83. The van der Waals surface area contributed by atoms with E-state index in [-0.39, 0.29) is 6.61 Å². The van der Waals surface area contributed by atoms with Crippen LogP contribution >= 0.6 is 0 Å². The van der Waals surface area contributed by atoms with E-state index in [0.29, 0.717) is 0 Å². The Morgan fingerprint density at radius 3 is 2.88 bits per heavy atom. The van der Waals surface area contributed by atoms with Crippen molar-refractivity contribution < 1.29 is 12.6 Å². The molecule has 0 rings (SSSR count). The van der Waals surface area contributed by atoms with E-state index in [2.05, 4.69) is 14.3 Å². The van der Waals surface area contributed by atoms with E-state index in [1.165, 1.54) is 7.11 Å². The predicted octanol–water partition coefficient (Wildman–Crippen LogP) is -0.139. The van der Waals surface area contributed by atoms with E-state index >= 15 is 0 Å². The van der Waals surface area contributed by atoms with Gasteiger partial charge in [0.05, 0.1) is 7.11 Å². The molecule has 0 saturated carbocycles. The zero-order valence-electron chi connectivity index (χ0n) is 4.42. The van der Waals surface area contributed by atoms with Gasteiger partial charge in [0.15, 0.2) is 0 Å². The van der Waals surface area contributed by atoms with Gasteiger partial charge in [0.1, 0.15) is 6.61 Å². The second-order valence-electron chi connectivity index (χ2n) is 0.837. The van der Waals surface area contributed by atoms with Gasteiger partial charge in [-0.2, -0.15) is 4.21 Å². The van der Waals surface area contributed by atoms with Gasteiger partial charge in [0.25, 0.3) is 0 Å². The number of rotatable bonds is 3. The summed E-state index contributed by atoms with van der Waals surface area (Å²) in [7, 11) is 1.27. The van der Waals surface area contributed by atoms with Gasteiger partial charge >= 0.3 is 11.4 Å². The lowest BCUT2D eigenvalue weighted by Crippen LogP contribution is -1.97. The highest BCUT2D eigenvalue weighted by Crippen LogP contribution is 1.81. The summed E-state index contributed by atoms with van der Waals surface area (Å²) in [5, 5.41) is 0. The average molecular weight is 134 g/mol. The van der Waals surface area contributed by atoms with Crippen molar-refractivity contribution in [2.75, 3.05) is 13.7 Å². The fourth-order valence-corrected chi connectivity index (χ4v) is 0.391. The second kappa shape index (κ2) is 4.78. The first kappa shape index (κ1) is 7.63. The molecule has 46 valence electrons. The first-order valence-corrected chi connectivity index (χ1v) is 2.84. The maximum atomic E-state index is 10.1. The van der Waals surface area contributed by atoms with Crippen LogP contribution in [0.2, 0.25) is 0 Å². The summed E-state index contributed by atoms with van der Waals surface area (Å²) < 4.78 is 18.7. The van der Waals surface area contributed by atoms with Gasteiger partial charge in [-0.1, -0.05) is 5.92 Å². The Hall–Kier alpha value is -0.370. The molecule has 4 heteroatoms. The van der Waals surface area contributed by atoms with Crippen molar-refractivity contribution >= 4 is 11.4 Å². The van der Waals surface area contributed by atoms with Gasteiger partial charge in [-0.15, -0.1) is 6.42 Å². The van der Waals surface area contributed by atoms with Gasteiger partial charge in [0.2, 0.25) is 0 Å². The predicted molar refractivity (Wildman–Crippen MR) is 29.9 cm³/mol. The van der Waals surface area contributed by atoms with Crippen molar-refractivity contribution in [2.24, 2.45) is 0 Å². The highest BCUT2D eigenvalue weighted by Gasteiger charge is 1.91. The summed E-state index contributed by atoms with van der Waals surface area (Å²) in [5.74, 6) is 2.14. The Morgan fingerprint density at radius 2 is 2.50 bits per heavy atom. The minimum atomic E-state index is -1.67. The highest BCUT2D eigenvalue weighted by molar-refractivity contribution is 7.75. The molecule has 0 saturated heterocycles. The van der Waals surface area contributed by atoms with E-state index in [4.69, 9.17) is 6.42 Å². The van der Waals surface area contributed by atoms with Crippen LogP contribution in [0.5, 0.6) is 0 Å². The quantitative estimate of drug-likeness (QED) is 0.504.